The second kappa shape index (κ2) is 9.37. The van der Waals surface area contributed by atoms with Gasteiger partial charge in [-0.25, -0.2) is 4.39 Å². The van der Waals surface area contributed by atoms with Crippen LogP contribution in [0, 0.1) is 0 Å². The maximum atomic E-state index is 15.2. The maximum absolute atomic E-state index is 15.2. The zero-order valence-electron chi connectivity index (χ0n) is 17.1. The van der Waals surface area contributed by atoms with E-state index in [1.165, 1.54) is 0 Å². The van der Waals surface area contributed by atoms with Gasteiger partial charge < -0.3 is 16.4 Å². The molecule has 1 aliphatic heterocycles. The van der Waals surface area contributed by atoms with Crippen molar-refractivity contribution in [2.75, 3.05) is 13.1 Å². The van der Waals surface area contributed by atoms with E-state index in [1.54, 1.807) is 47.8 Å². The molecule has 3 heterocycles. The van der Waals surface area contributed by atoms with Gasteiger partial charge in [-0.3, -0.25) is 14.8 Å². The summed E-state index contributed by atoms with van der Waals surface area (Å²) < 4.78 is 52.6. The third-order valence-corrected chi connectivity index (χ3v) is 5.26. The number of pyridine rings is 2. The number of nitrogens with two attached hydrogens (primary N) is 2. The summed E-state index contributed by atoms with van der Waals surface area (Å²) in [5, 5.41) is 0. The summed E-state index contributed by atoms with van der Waals surface area (Å²) in [6, 6.07) is 6.82. The summed E-state index contributed by atoms with van der Waals surface area (Å²) in [5.41, 5.74) is 9.20. The largest absolute Gasteiger partial charge is 0.430 e. The molecule has 1 aliphatic rings. The number of amides is 1. The van der Waals surface area contributed by atoms with Crippen LogP contribution in [0.3, 0.4) is 0 Å². The van der Waals surface area contributed by atoms with Crippen molar-refractivity contribution in [2.45, 2.75) is 31.1 Å². The lowest BCUT2D eigenvalue weighted by Crippen LogP contribution is -2.45. The van der Waals surface area contributed by atoms with Crippen LogP contribution >= 0.6 is 0 Å². The molecule has 2 aromatic heterocycles. The fourth-order valence-corrected chi connectivity index (χ4v) is 3.49. The zero-order valence-corrected chi connectivity index (χ0v) is 17.1. The van der Waals surface area contributed by atoms with Gasteiger partial charge in [0.15, 0.2) is 0 Å². The molecule has 0 aromatic carbocycles. The Hall–Kier alpha value is -3.43. The topological polar surface area (TPSA) is 98.1 Å². The van der Waals surface area contributed by atoms with Crippen LogP contribution in [0.2, 0.25) is 0 Å². The molecule has 0 atom stereocenters. The Morgan fingerprint density at radius 2 is 1.75 bits per heavy atom. The Kier molecular flexibility index (Phi) is 6.81. The van der Waals surface area contributed by atoms with Gasteiger partial charge in [0.2, 0.25) is 0 Å². The van der Waals surface area contributed by atoms with Crippen LogP contribution in [-0.2, 0) is 0 Å². The summed E-state index contributed by atoms with van der Waals surface area (Å²) in [5.74, 6) is -0.267. The number of hydrogen-bond acceptors (Lipinski definition) is 5. The smallest absolute Gasteiger partial charge is 0.402 e. The van der Waals surface area contributed by atoms with E-state index >= 15 is 4.39 Å². The Morgan fingerprint density at radius 3 is 2.38 bits per heavy atom. The molecule has 0 unspecified atom stereocenters. The highest BCUT2D eigenvalue weighted by Gasteiger charge is 2.37. The number of allylic oxidation sites excluding steroid dienone is 4. The Labute approximate surface area is 182 Å². The van der Waals surface area contributed by atoms with Crippen LogP contribution < -0.4 is 11.5 Å². The molecule has 170 valence electrons. The van der Waals surface area contributed by atoms with Gasteiger partial charge in [-0.2, -0.15) is 13.2 Å². The second-order valence-electron chi connectivity index (χ2n) is 7.62. The van der Waals surface area contributed by atoms with Gasteiger partial charge in [0.1, 0.15) is 11.4 Å². The predicted molar refractivity (Wildman–Crippen MR) is 112 cm³/mol. The molecule has 0 spiro atoms. The standard InChI is InChI=1S/C22H23F4N5O/c23-21(14-16(27)3-4-18(28)22(24,25)26)7-12-31(13-8-21)20(32)17-2-1-9-30-19(17)15-5-10-29-11-6-15/h1-6,9-11H,7-8,12-14,27-28H2/b16-3-,18-4-. The molecule has 10 heteroatoms. The number of likely N-dealkylation sites (tertiary alicyclic amines) is 1. The fourth-order valence-electron chi connectivity index (χ4n) is 3.49. The molecule has 3 rings (SSSR count). The lowest BCUT2D eigenvalue weighted by atomic mass is 9.88. The molecule has 4 N–H and O–H groups in total. The molecule has 0 radical (unpaired) electrons. The maximum Gasteiger partial charge on any atom is 0.430 e. The van der Waals surface area contributed by atoms with E-state index in [1.807, 2.05) is 0 Å². The summed E-state index contributed by atoms with van der Waals surface area (Å²) in [6.07, 6.45) is 1.50. The third kappa shape index (κ3) is 5.63. The van der Waals surface area contributed by atoms with E-state index < -0.39 is 17.5 Å². The molecule has 0 bridgehead atoms. The van der Waals surface area contributed by atoms with Gasteiger partial charge in [0, 0.05) is 49.4 Å². The molecule has 1 amide bonds. The molecule has 2 aromatic rings. The minimum absolute atomic E-state index is 0.0105. The molecule has 1 saturated heterocycles. The highest BCUT2D eigenvalue weighted by atomic mass is 19.4. The summed E-state index contributed by atoms with van der Waals surface area (Å²) >= 11 is 0. The van der Waals surface area contributed by atoms with Crippen LogP contribution in [0.4, 0.5) is 17.6 Å². The molecule has 32 heavy (non-hydrogen) atoms. The number of carbonyl (C=O) groups excluding carboxylic acids is 1. The highest BCUT2D eigenvalue weighted by molar-refractivity contribution is 5.99. The Bertz CT molecular complexity index is 1010. The van der Waals surface area contributed by atoms with Crippen LogP contribution in [0.25, 0.3) is 11.3 Å². The lowest BCUT2D eigenvalue weighted by molar-refractivity contribution is -0.0926. The monoisotopic (exact) mass is 449 g/mol. The first-order chi connectivity index (χ1) is 15.1. The van der Waals surface area contributed by atoms with Crippen LogP contribution in [-0.4, -0.2) is 45.7 Å². The van der Waals surface area contributed by atoms with Crippen molar-refractivity contribution in [2.24, 2.45) is 11.5 Å². The lowest BCUT2D eigenvalue weighted by Gasteiger charge is -2.36. The van der Waals surface area contributed by atoms with Crippen molar-refractivity contribution < 1.29 is 22.4 Å². The minimum atomic E-state index is -4.67. The molecule has 0 aliphatic carbocycles. The van der Waals surface area contributed by atoms with Crippen LogP contribution in [0.5, 0.6) is 0 Å². The second-order valence-corrected chi connectivity index (χ2v) is 7.62. The van der Waals surface area contributed by atoms with E-state index in [9.17, 15) is 18.0 Å². The number of nitrogens with zero attached hydrogens (tertiary/aromatic N) is 3. The number of aromatic nitrogens is 2. The van der Waals surface area contributed by atoms with Crippen molar-refractivity contribution in [1.29, 1.82) is 0 Å². The number of rotatable bonds is 5. The van der Waals surface area contributed by atoms with Gasteiger partial charge in [-0.05, 0) is 49.3 Å². The van der Waals surface area contributed by atoms with Crippen molar-refractivity contribution in [3.05, 3.63) is 72.0 Å². The minimum Gasteiger partial charge on any atom is -0.402 e. The van der Waals surface area contributed by atoms with Gasteiger partial charge in [-0.15, -0.1) is 0 Å². The number of halogens is 4. The number of piperidine rings is 1. The highest BCUT2D eigenvalue weighted by Crippen LogP contribution is 2.33. The third-order valence-electron chi connectivity index (χ3n) is 5.26. The van der Waals surface area contributed by atoms with Gasteiger partial charge in [-0.1, -0.05) is 0 Å². The van der Waals surface area contributed by atoms with Gasteiger partial charge >= 0.3 is 6.18 Å². The van der Waals surface area contributed by atoms with Crippen LogP contribution in [0.15, 0.2) is 66.4 Å². The first kappa shape index (κ1) is 23.2. The normalized spacial score (nSPS) is 17.3. The van der Waals surface area contributed by atoms with E-state index in [0.29, 0.717) is 17.3 Å². The number of hydrogen-bond donors (Lipinski definition) is 2. The molecule has 1 fully saturated rings. The molecule has 0 saturated carbocycles. The van der Waals surface area contributed by atoms with E-state index in [0.717, 1.165) is 11.6 Å². The Balaban J connectivity index is 1.67. The SMILES string of the molecule is N/C(=C\C=C(/N)C(F)(F)F)CC1(F)CCN(C(=O)c2cccnc2-c2ccncc2)CC1. The van der Waals surface area contributed by atoms with E-state index in [4.69, 9.17) is 11.5 Å². The van der Waals surface area contributed by atoms with E-state index in [-0.39, 0.29) is 44.0 Å². The van der Waals surface area contributed by atoms with E-state index in [2.05, 4.69) is 9.97 Å². The summed E-state index contributed by atoms with van der Waals surface area (Å²) in [6.45, 7) is 0.293. The van der Waals surface area contributed by atoms with Crippen molar-refractivity contribution in [3.63, 3.8) is 0 Å². The zero-order chi connectivity index (χ0) is 23.4. The average Bonchev–Trinajstić information content (AvgIpc) is 2.77. The molecular weight excluding hydrogens is 426 g/mol. The van der Waals surface area contributed by atoms with Gasteiger partial charge in [0.05, 0.1) is 11.3 Å². The summed E-state index contributed by atoms with van der Waals surface area (Å²) in [7, 11) is 0. The van der Waals surface area contributed by atoms with Crippen molar-refractivity contribution >= 4 is 5.91 Å². The first-order valence-electron chi connectivity index (χ1n) is 9.92. The molecular formula is C22H23F4N5O. The van der Waals surface area contributed by atoms with Crippen LogP contribution in [0.1, 0.15) is 29.6 Å². The number of alkyl halides is 4. The fraction of sp³-hybridized carbons (Fsp3) is 0.318. The Morgan fingerprint density at radius 1 is 1.09 bits per heavy atom. The molecule has 6 nitrogen and oxygen atoms in total. The quantitative estimate of drug-likeness (QED) is 0.536. The number of carbonyl (C=O) groups is 1. The van der Waals surface area contributed by atoms with Crippen molar-refractivity contribution in [3.8, 4) is 11.3 Å². The summed E-state index contributed by atoms with van der Waals surface area (Å²) in [4.78, 5) is 22.9. The van der Waals surface area contributed by atoms with Gasteiger partial charge in [0.25, 0.3) is 5.91 Å². The van der Waals surface area contributed by atoms with Crippen molar-refractivity contribution in [1.82, 2.24) is 14.9 Å². The predicted octanol–water partition coefficient (Wildman–Crippen LogP) is 3.73. The first-order valence-corrected chi connectivity index (χ1v) is 9.92. The average molecular weight is 449 g/mol.